The number of pyridine rings is 1. The fourth-order valence-corrected chi connectivity index (χ4v) is 6.86. The van der Waals surface area contributed by atoms with Crippen molar-refractivity contribution < 1.29 is 9.53 Å². The molecule has 2 aromatic heterocycles. The molecule has 0 radical (unpaired) electrons. The molecule has 1 saturated heterocycles. The summed E-state index contributed by atoms with van der Waals surface area (Å²) in [5, 5.41) is 3.04. The van der Waals surface area contributed by atoms with Crippen molar-refractivity contribution in [1.82, 2.24) is 14.5 Å². The summed E-state index contributed by atoms with van der Waals surface area (Å²) < 4.78 is 7.57. The van der Waals surface area contributed by atoms with Crippen LogP contribution in [0.25, 0.3) is 16.6 Å². The Morgan fingerprint density at radius 2 is 1.57 bits per heavy atom. The normalized spacial score (nSPS) is 14.4. The largest absolute Gasteiger partial charge is 0.501 e. The average Bonchev–Trinajstić information content (AvgIpc) is 3.85. The number of anilines is 2. The molecule has 1 aliphatic carbocycles. The maximum Gasteiger partial charge on any atom is 0.258 e. The first-order valence-electron chi connectivity index (χ1n) is 20.7. The molecule has 1 aliphatic heterocycles. The number of methoxy groups -OCH3 is 1. The number of ether oxygens (including phenoxy) is 1. The number of carbonyl (C=O) groups is 1. The second-order valence-electron chi connectivity index (χ2n) is 14.4. The molecule has 1 amide bonds. The van der Waals surface area contributed by atoms with Gasteiger partial charge in [0.25, 0.3) is 5.91 Å². The summed E-state index contributed by atoms with van der Waals surface area (Å²) in [6, 6.07) is 10.1. The zero-order valence-corrected chi connectivity index (χ0v) is 36.0. The molecule has 5 rings (SSSR count). The van der Waals surface area contributed by atoms with Crippen molar-refractivity contribution in [2.45, 2.75) is 153 Å². The molecule has 2 fully saturated rings. The molecule has 7 nitrogen and oxygen atoms in total. The van der Waals surface area contributed by atoms with Crippen LogP contribution in [0.4, 0.5) is 11.6 Å². The van der Waals surface area contributed by atoms with E-state index in [0.717, 1.165) is 72.0 Å². The minimum absolute atomic E-state index is 0.204. The highest BCUT2D eigenvalue weighted by Crippen LogP contribution is 2.43. The number of hydrogen-bond donors (Lipinski definition) is 1. The van der Waals surface area contributed by atoms with E-state index in [2.05, 4.69) is 67.0 Å². The first-order valence-corrected chi connectivity index (χ1v) is 20.7. The van der Waals surface area contributed by atoms with Crippen molar-refractivity contribution >= 4 is 34.1 Å². The molecule has 7 heteroatoms. The number of nitrogens with zero attached hydrogens (tertiary/aromatic N) is 4. The van der Waals surface area contributed by atoms with E-state index in [-0.39, 0.29) is 5.91 Å². The number of hydrogen-bond acceptors (Lipinski definition) is 5. The third-order valence-corrected chi connectivity index (χ3v) is 9.74. The Labute approximate surface area is 324 Å². The molecule has 1 saturated carbocycles. The van der Waals surface area contributed by atoms with E-state index in [9.17, 15) is 4.79 Å². The van der Waals surface area contributed by atoms with Crippen LogP contribution >= 0.6 is 0 Å². The molecule has 0 bridgehead atoms. The standard InChI is InChI=1S/C33H47N5O2.C5H10.C4H6.2C2H6/c1-9-11-30(40-8)24(6)28-18-25(17-23(5)34-28)31(39)36-32-35-27-13-12-26(19-29(27)37(32)7)38-20-33(21-38,15-10-2)16-14-22(3)4;1-2-4-5-3-1;1-3-4-2;2*1-2/h12-13,17-19,22H,9-11,14-16,20-21H2,1-8H3,(H,35,36,39);1-5H2;1H,4H2,2H3;2*1-2H3/b30-24-;;;;. The Hall–Kier alpha value is -3.79. The van der Waals surface area contributed by atoms with Crippen LogP contribution in [0.2, 0.25) is 0 Å². The van der Waals surface area contributed by atoms with E-state index < -0.39 is 0 Å². The highest BCUT2D eigenvalue weighted by atomic mass is 16.5. The summed E-state index contributed by atoms with van der Waals surface area (Å²) in [4.78, 5) is 25.3. The monoisotopic (exact) mass is 730 g/mol. The summed E-state index contributed by atoms with van der Waals surface area (Å²) in [7, 11) is 3.64. The predicted octanol–water partition coefficient (Wildman–Crippen LogP) is 12.8. The van der Waals surface area contributed by atoms with Gasteiger partial charge >= 0.3 is 0 Å². The topological polar surface area (TPSA) is 72.3 Å². The molecule has 3 heterocycles. The zero-order valence-electron chi connectivity index (χ0n) is 36.0. The number of aryl methyl sites for hydroxylation is 2. The van der Waals surface area contributed by atoms with Gasteiger partial charge in [0.2, 0.25) is 5.95 Å². The van der Waals surface area contributed by atoms with E-state index in [1.54, 1.807) is 7.11 Å². The van der Waals surface area contributed by atoms with Gasteiger partial charge in [0.15, 0.2) is 0 Å². The number of rotatable bonds is 12. The SMILES string of the molecule is C#CCC.C1CCCC1.CC.CC.CCC/C(OC)=C(\C)c1cc(C(=O)Nc2nc3ccc(N4CC(CCC)(CCC(C)C)C4)cc3n2C)cc(C)n1. The van der Waals surface area contributed by atoms with Gasteiger partial charge in [-0.05, 0) is 69.4 Å². The van der Waals surface area contributed by atoms with E-state index in [1.165, 1.54) is 63.5 Å². The number of imidazole rings is 1. The van der Waals surface area contributed by atoms with E-state index in [4.69, 9.17) is 16.1 Å². The quantitative estimate of drug-likeness (QED) is 0.148. The van der Waals surface area contributed by atoms with Gasteiger partial charge in [-0.25, -0.2) is 4.98 Å². The van der Waals surface area contributed by atoms with Gasteiger partial charge < -0.3 is 14.2 Å². The maximum atomic E-state index is 13.4. The molecule has 0 spiro atoms. The van der Waals surface area contributed by atoms with Crippen LogP contribution < -0.4 is 10.2 Å². The van der Waals surface area contributed by atoms with E-state index >= 15 is 0 Å². The van der Waals surface area contributed by atoms with Gasteiger partial charge in [0, 0.05) is 60.9 Å². The number of nitrogens with one attached hydrogen (secondary N) is 1. The second-order valence-corrected chi connectivity index (χ2v) is 14.4. The van der Waals surface area contributed by atoms with Crippen molar-refractivity contribution in [3.63, 3.8) is 0 Å². The van der Waals surface area contributed by atoms with Crippen LogP contribution in [0.15, 0.2) is 36.1 Å². The number of benzene rings is 1. The first-order chi connectivity index (χ1) is 25.5. The lowest BCUT2D eigenvalue weighted by atomic mass is 9.71. The zero-order chi connectivity index (χ0) is 40.0. The average molecular weight is 730 g/mol. The summed E-state index contributed by atoms with van der Waals surface area (Å²) in [5.74, 6) is 4.40. The van der Waals surface area contributed by atoms with Gasteiger partial charge in [-0.2, -0.15) is 0 Å². The molecule has 2 aliphatic rings. The maximum absolute atomic E-state index is 13.4. The number of allylic oxidation sites excluding steroid dienone is 2. The summed E-state index contributed by atoms with van der Waals surface area (Å²) in [6.07, 6.45) is 20.0. The summed E-state index contributed by atoms with van der Waals surface area (Å²) >= 11 is 0. The van der Waals surface area contributed by atoms with Crippen molar-refractivity contribution in [2.75, 3.05) is 30.4 Å². The summed E-state index contributed by atoms with van der Waals surface area (Å²) in [6.45, 7) is 25.1. The Morgan fingerprint density at radius 1 is 0.962 bits per heavy atom. The lowest BCUT2D eigenvalue weighted by molar-refractivity contribution is 0.102. The fraction of sp³-hybridized carbons (Fsp3) is 0.630. The lowest BCUT2D eigenvalue weighted by Crippen LogP contribution is -2.56. The molecular weight excluding hydrogens is 655 g/mol. The van der Waals surface area contributed by atoms with Crippen LogP contribution in [0.5, 0.6) is 0 Å². The number of aromatic nitrogens is 3. The third kappa shape index (κ3) is 14.5. The van der Waals surface area contributed by atoms with Crippen LogP contribution in [0.1, 0.15) is 168 Å². The molecule has 0 unspecified atom stereocenters. The molecule has 1 N–H and O–H groups in total. The lowest BCUT2D eigenvalue weighted by Gasteiger charge is -2.52. The second kappa shape index (κ2) is 25.3. The van der Waals surface area contributed by atoms with Gasteiger partial charge in [-0.3, -0.25) is 15.1 Å². The molecule has 0 atom stereocenters. The van der Waals surface area contributed by atoms with Crippen LogP contribution in [-0.4, -0.2) is 40.6 Å². The van der Waals surface area contributed by atoms with Crippen LogP contribution in [0.3, 0.4) is 0 Å². The molecule has 3 aromatic rings. The van der Waals surface area contributed by atoms with Crippen molar-refractivity contribution in [3.05, 3.63) is 53.0 Å². The van der Waals surface area contributed by atoms with Crippen LogP contribution in [-0.2, 0) is 11.8 Å². The van der Waals surface area contributed by atoms with Crippen molar-refractivity contribution in [1.29, 1.82) is 0 Å². The van der Waals surface area contributed by atoms with E-state index in [0.29, 0.717) is 16.9 Å². The highest BCUT2D eigenvalue weighted by molar-refractivity contribution is 6.04. The van der Waals surface area contributed by atoms with Gasteiger partial charge in [-0.1, -0.05) is 107 Å². The van der Waals surface area contributed by atoms with Crippen molar-refractivity contribution in [2.24, 2.45) is 18.4 Å². The Morgan fingerprint density at radius 3 is 2.08 bits per heavy atom. The number of amides is 1. The Balaban J connectivity index is 0.000000931. The first kappa shape index (κ1) is 47.2. The minimum atomic E-state index is -0.204. The van der Waals surface area contributed by atoms with Crippen molar-refractivity contribution in [3.8, 4) is 12.3 Å². The molecule has 53 heavy (non-hydrogen) atoms. The third-order valence-electron chi connectivity index (χ3n) is 9.74. The Bertz CT molecular complexity index is 1560. The number of terminal acetylenes is 1. The number of fused-ring (bicyclic) bond motifs is 1. The van der Waals surface area contributed by atoms with E-state index in [1.807, 2.05) is 72.2 Å². The highest BCUT2D eigenvalue weighted by Gasteiger charge is 2.41. The molecule has 296 valence electrons. The van der Waals surface area contributed by atoms with Crippen LogP contribution in [0, 0.1) is 30.6 Å². The fourth-order valence-electron chi connectivity index (χ4n) is 6.86. The number of carbonyl (C=O) groups excluding carboxylic acids is 1. The molecular formula is C46H75N5O2. The molecule has 1 aromatic carbocycles. The Kier molecular flexibility index (Phi) is 22.5. The minimum Gasteiger partial charge on any atom is -0.501 e. The predicted molar refractivity (Wildman–Crippen MR) is 231 cm³/mol. The van der Waals surface area contributed by atoms with Gasteiger partial charge in [0.05, 0.1) is 23.8 Å². The smallest absolute Gasteiger partial charge is 0.258 e. The van der Waals surface area contributed by atoms with Gasteiger partial charge in [-0.15, -0.1) is 12.3 Å². The summed E-state index contributed by atoms with van der Waals surface area (Å²) in [5.41, 5.74) is 6.59. The van der Waals surface area contributed by atoms with Gasteiger partial charge in [0.1, 0.15) is 5.76 Å².